The fraction of sp³-hybridized carbons (Fsp3) is 0.647. The first-order valence-corrected chi connectivity index (χ1v) is 7.66. The van der Waals surface area contributed by atoms with Crippen LogP contribution in [0.2, 0.25) is 0 Å². The molecule has 1 aliphatic rings. The van der Waals surface area contributed by atoms with Gasteiger partial charge < -0.3 is 15.2 Å². The van der Waals surface area contributed by atoms with E-state index in [9.17, 15) is 0 Å². The van der Waals surface area contributed by atoms with Crippen molar-refractivity contribution in [3.63, 3.8) is 0 Å². The first kappa shape index (κ1) is 15.2. The first-order valence-electron chi connectivity index (χ1n) is 7.66. The predicted octanol–water partition coefficient (Wildman–Crippen LogP) is 3.40. The molecular weight excluding hydrogens is 250 g/mol. The van der Waals surface area contributed by atoms with Crippen LogP contribution in [0.5, 0.6) is 11.5 Å². The van der Waals surface area contributed by atoms with Crippen molar-refractivity contribution in [3.05, 3.63) is 23.8 Å². The summed E-state index contributed by atoms with van der Waals surface area (Å²) < 4.78 is 11.6. The van der Waals surface area contributed by atoms with Gasteiger partial charge >= 0.3 is 0 Å². The van der Waals surface area contributed by atoms with Crippen LogP contribution in [0.4, 0.5) is 0 Å². The van der Waals surface area contributed by atoms with E-state index in [2.05, 4.69) is 19.9 Å². The van der Waals surface area contributed by atoms with Crippen LogP contribution in [0, 0.1) is 11.8 Å². The van der Waals surface area contributed by atoms with Crippen molar-refractivity contribution in [2.45, 2.75) is 45.6 Å². The Hall–Kier alpha value is -1.22. The van der Waals surface area contributed by atoms with Gasteiger partial charge in [-0.05, 0) is 55.7 Å². The Morgan fingerprint density at radius 1 is 1.15 bits per heavy atom. The maximum Gasteiger partial charge on any atom is 0.126 e. The second kappa shape index (κ2) is 6.98. The molecule has 0 bridgehead atoms. The van der Waals surface area contributed by atoms with E-state index in [1.54, 1.807) is 7.11 Å². The molecule has 0 amide bonds. The van der Waals surface area contributed by atoms with Crippen LogP contribution in [-0.4, -0.2) is 19.8 Å². The Morgan fingerprint density at radius 3 is 2.45 bits per heavy atom. The Morgan fingerprint density at radius 2 is 1.85 bits per heavy atom. The molecule has 2 atom stereocenters. The normalized spacial score (nSPS) is 26.3. The van der Waals surface area contributed by atoms with E-state index in [0.29, 0.717) is 12.6 Å². The van der Waals surface area contributed by atoms with Gasteiger partial charge in [0, 0.05) is 6.07 Å². The van der Waals surface area contributed by atoms with Gasteiger partial charge in [-0.15, -0.1) is 0 Å². The Bertz CT molecular complexity index is 423. The lowest BCUT2D eigenvalue weighted by Gasteiger charge is -2.32. The molecule has 3 nitrogen and oxygen atoms in total. The van der Waals surface area contributed by atoms with E-state index in [1.807, 2.05) is 12.1 Å². The van der Waals surface area contributed by atoms with Crippen LogP contribution in [0.3, 0.4) is 0 Å². The standard InChI is InChI=1S/C17H27NO2/c1-12-8-13(2)10-16(9-12)20-17-11-15(19-3)5-4-14(17)6-7-18/h4-5,11-13,16H,6-10,18H2,1-3H3. The molecule has 0 heterocycles. The molecule has 1 saturated carbocycles. The lowest BCUT2D eigenvalue weighted by atomic mass is 9.82. The van der Waals surface area contributed by atoms with Crippen LogP contribution in [0.15, 0.2) is 18.2 Å². The van der Waals surface area contributed by atoms with E-state index in [4.69, 9.17) is 15.2 Å². The number of nitrogens with two attached hydrogens (primary N) is 1. The molecule has 0 aromatic heterocycles. The molecule has 1 fully saturated rings. The average Bonchev–Trinajstić information content (AvgIpc) is 2.40. The summed E-state index contributed by atoms with van der Waals surface area (Å²) in [6, 6.07) is 6.04. The van der Waals surface area contributed by atoms with Crippen molar-refractivity contribution >= 4 is 0 Å². The second-order valence-electron chi connectivity index (χ2n) is 6.17. The highest BCUT2D eigenvalue weighted by molar-refractivity contribution is 5.41. The number of benzene rings is 1. The van der Waals surface area contributed by atoms with Gasteiger partial charge in [0.15, 0.2) is 0 Å². The molecule has 1 aromatic carbocycles. The zero-order chi connectivity index (χ0) is 14.5. The van der Waals surface area contributed by atoms with Crippen molar-refractivity contribution < 1.29 is 9.47 Å². The summed E-state index contributed by atoms with van der Waals surface area (Å²) in [5.74, 6) is 3.28. The van der Waals surface area contributed by atoms with Crippen LogP contribution < -0.4 is 15.2 Å². The third-order valence-electron chi connectivity index (χ3n) is 4.12. The maximum atomic E-state index is 6.29. The monoisotopic (exact) mass is 277 g/mol. The van der Waals surface area contributed by atoms with Crippen molar-refractivity contribution in [3.8, 4) is 11.5 Å². The zero-order valence-electron chi connectivity index (χ0n) is 12.9. The van der Waals surface area contributed by atoms with Crippen molar-refractivity contribution in [1.82, 2.24) is 0 Å². The van der Waals surface area contributed by atoms with Gasteiger partial charge in [0.05, 0.1) is 13.2 Å². The van der Waals surface area contributed by atoms with E-state index < -0.39 is 0 Å². The Kier molecular flexibility index (Phi) is 5.30. The van der Waals surface area contributed by atoms with Crippen LogP contribution in [0.25, 0.3) is 0 Å². The summed E-state index contributed by atoms with van der Waals surface area (Å²) in [6.07, 6.45) is 4.76. The number of methoxy groups -OCH3 is 1. The summed E-state index contributed by atoms with van der Waals surface area (Å²) in [7, 11) is 1.69. The summed E-state index contributed by atoms with van der Waals surface area (Å²) in [6.45, 7) is 5.27. The smallest absolute Gasteiger partial charge is 0.126 e. The quantitative estimate of drug-likeness (QED) is 0.897. The van der Waals surface area contributed by atoms with Gasteiger partial charge in [-0.3, -0.25) is 0 Å². The number of ether oxygens (including phenoxy) is 2. The molecule has 3 heteroatoms. The number of rotatable bonds is 5. The molecule has 0 spiro atoms. The molecule has 0 aliphatic heterocycles. The van der Waals surface area contributed by atoms with Gasteiger partial charge in [0.1, 0.15) is 11.5 Å². The summed E-state index contributed by atoms with van der Waals surface area (Å²) in [4.78, 5) is 0. The van der Waals surface area contributed by atoms with Gasteiger partial charge in [-0.2, -0.15) is 0 Å². The largest absolute Gasteiger partial charge is 0.497 e. The fourth-order valence-corrected chi connectivity index (χ4v) is 3.28. The lowest BCUT2D eigenvalue weighted by Crippen LogP contribution is -2.28. The molecule has 2 N–H and O–H groups in total. The zero-order valence-corrected chi connectivity index (χ0v) is 12.9. The molecule has 2 unspecified atom stereocenters. The van der Waals surface area contributed by atoms with Gasteiger partial charge in [-0.1, -0.05) is 19.9 Å². The van der Waals surface area contributed by atoms with Gasteiger partial charge in [0.25, 0.3) is 0 Å². The summed E-state index contributed by atoms with van der Waals surface area (Å²) in [5, 5.41) is 0. The fourth-order valence-electron chi connectivity index (χ4n) is 3.28. The van der Waals surface area contributed by atoms with Crippen molar-refractivity contribution in [2.75, 3.05) is 13.7 Å². The Balaban J connectivity index is 2.13. The highest BCUT2D eigenvalue weighted by Crippen LogP contribution is 2.33. The van der Waals surface area contributed by atoms with E-state index in [0.717, 1.165) is 42.6 Å². The van der Waals surface area contributed by atoms with Crippen molar-refractivity contribution in [1.29, 1.82) is 0 Å². The number of hydrogen-bond donors (Lipinski definition) is 1. The minimum absolute atomic E-state index is 0.317. The average molecular weight is 277 g/mol. The molecule has 1 aromatic rings. The molecule has 0 radical (unpaired) electrons. The molecule has 1 aliphatic carbocycles. The molecular formula is C17H27NO2. The molecule has 2 rings (SSSR count). The second-order valence-corrected chi connectivity index (χ2v) is 6.17. The van der Waals surface area contributed by atoms with E-state index in [1.165, 1.54) is 12.0 Å². The third kappa shape index (κ3) is 3.89. The summed E-state index contributed by atoms with van der Waals surface area (Å²) >= 11 is 0. The van der Waals surface area contributed by atoms with Crippen LogP contribution >= 0.6 is 0 Å². The topological polar surface area (TPSA) is 44.5 Å². The summed E-state index contributed by atoms with van der Waals surface area (Å²) in [5.41, 5.74) is 6.87. The predicted molar refractivity (Wildman–Crippen MR) is 82.3 cm³/mol. The van der Waals surface area contributed by atoms with Crippen LogP contribution in [0.1, 0.15) is 38.7 Å². The minimum atomic E-state index is 0.317. The maximum absolute atomic E-state index is 6.29. The molecule has 20 heavy (non-hydrogen) atoms. The van der Waals surface area contributed by atoms with E-state index in [-0.39, 0.29) is 0 Å². The Labute approximate surface area is 122 Å². The van der Waals surface area contributed by atoms with Gasteiger partial charge in [-0.25, -0.2) is 0 Å². The highest BCUT2D eigenvalue weighted by Gasteiger charge is 2.25. The molecule has 0 saturated heterocycles. The van der Waals surface area contributed by atoms with E-state index >= 15 is 0 Å². The van der Waals surface area contributed by atoms with Gasteiger partial charge in [0.2, 0.25) is 0 Å². The molecule has 112 valence electrons. The number of hydrogen-bond acceptors (Lipinski definition) is 3. The third-order valence-corrected chi connectivity index (χ3v) is 4.12. The first-order chi connectivity index (χ1) is 9.62. The lowest BCUT2D eigenvalue weighted by molar-refractivity contribution is 0.0998. The minimum Gasteiger partial charge on any atom is -0.497 e. The van der Waals surface area contributed by atoms with Crippen LogP contribution in [-0.2, 0) is 6.42 Å². The highest BCUT2D eigenvalue weighted by atomic mass is 16.5. The SMILES string of the molecule is COc1ccc(CCN)c(OC2CC(C)CC(C)C2)c1. The van der Waals surface area contributed by atoms with Crippen molar-refractivity contribution in [2.24, 2.45) is 17.6 Å².